The predicted octanol–water partition coefficient (Wildman–Crippen LogP) is 3.50. The van der Waals surface area contributed by atoms with E-state index in [-0.39, 0.29) is 11.9 Å². The van der Waals surface area contributed by atoms with Crippen LogP contribution in [0, 0.1) is 5.82 Å². The van der Waals surface area contributed by atoms with Crippen LogP contribution >= 0.6 is 15.9 Å². The van der Waals surface area contributed by atoms with E-state index in [0.29, 0.717) is 0 Å². The maximum Gasteiger partial charge on any atom is 0.124 e. The fourth-order valence-electron chi connectivity index (χ4n) is 2.21. The minimum absolute atomic E-state index is 0.0685. The number of nitrogens with zero attached hydrogens (tertiary/aromatic N) is 2. The van der Waals surface area contributed by atoms with Crippen LogP contribution in [0.15, 0.2) is 34.9 Å². The Morgan fingerprint density at radius 2 is 2.21 bits per heavy atom. The highest BCUT2D eigenvalue weighted by Gasteiger charge is 2.17. The zero-order valence-corrected chi connectivity index (χ0v) is 12.6. The molecule has 0 aliphatic rings. The molecule has 1 atom stereocenters. The van der Waals surface area contributed by atoms with Crippen LogP contribution in [0.1, 0.15) is 30.6 Å². The van der Waals surface area contributed by atoms with Gasteiger partial charge >= 0.3 is 0 Å². The van der Waals surface area contributed by atoms with Crippen molar-refractivity contribution in [2.45, 2.75) is 25.9 Å². The fraction of sp³-hybridized carbons (Fsp3) is 0.357. The second-order valence-electron chi connectivity index (χ2n) is 4.40. The summed E-state index contributed by atoms with van der Waals surface area (Å²) >= 11 is 3.33. The van der Waals surface area contributed by atoms with Crippen molar-refractivity contribution in [2.75, 3.05) is 7.05 Å². The summed E-state index contributed by atoms with van der Waals surface area (Å²) in [6, 6.07) is 6.83. The van der Waals surface area contributed by atoms with Crippen molar-refractivity contribution in [2.24, 2.45) is 0 Å². The maximum absolute atomic E-state index is 13.5. The molecule has 0 spiro atoms. The van der Waals surface area contributed by atoms with Gasteiger partial charge in [-0.25, -0.2) is 4.39 Å². The smallest absolute Gasteiger partial charge is 0.124 e. The van der Waals surface area contributed by atoms with Crippen LogP contribution in [0.3, 0.4) is 0 Å². The number of halogens is 2. The molecular weight excluding hydrogens is 309 g/mol. The van der Waals surface area contributed by atoms with Crippen molar-refractivity contribution in [3.8, 4) is 0 Å². The van der Waals surface area contributed by atoms with Crippen LogP contribution in [-0.4, -0.2) is 16.8 Å². The molecule has 0 fully saturated rings. The lowest BCUT2D eigenvalue weighted by molar-refractivity contribution is 0.532. The van der Waals surface area contributed by atoms with Crippen molar-refractivity contribution in [3.05, 3.63) is 52.0 Å². The number of hydrogen-bond acceptors (Lipinski definition) is 2. The molecule has 2 rings (SSSR count). The van der Waals surface area contributed by atoms with Gasteiger partial charge in [0.05, 0.1) is 11.7 Å². The third-order valence-corrected chi connectivity index (χ3v) is 3.45. The highest BCUT2D eigenvalue weighted by molar-refractivity contribution is 9.10. The van der Waals surface area contributed by atoms with Crippen LogP contribution in [0.5, 0.6) is 0 Å². The lowest BCUT2D eigenvalue weighted by atomic mass is 10.0. The average molecular weight is 326 g/mol. The normalized spacial score (nSPS) is 12.6. The van der Waals surface area contributed by atoms with Gasteiger partial charge in [0, 0.05) is 17.2 Å². The number of rotatable bonds is 5. The molecule has 1 unspecified atom stereocenters. The molecule has 5 heteroatoms. The van der Waals surface area contributed by atoms with E-state index in [1.165, 1.54) is 6.07 Å². The van der Waals surface area contributed by atoms with Gasteiger partial charge in [-0.05, 0) is 43.3 Å². The molecule has 3 nitrogen and oxygen atoms in total. The zero-order chi connectivity index (χ0) is 13.8. The Morgan fingerprint density at radius 1 is 1.42 bits per heavy atom. The molecule has 1 N–H and O–H groups in total. The minimum Gasteiger partial charge on any atom is -0.308 e. The molecule has 0 aliphatic carbocycles. The first-order valence-electron chi connectivity index (χ1n) is 6.30. The van der Waals surface area contributed by atoms with E-state index in [9.17, 15) is 4.39 Å². The summed E-state index contributed by atoms with van der Waals surface area (Å²) in [5, 5.41) is 7.54. The van der Waals surface area contributed by atoms with Gasteiger partial charge in [0.15, 0.2) is 0 Å². The molecule has 0 bridgehead atoms. The molecule has 19 heavy (non-hydrogen) atoms. The quantitative estimate of drug-likeness (QED) is 0.911. The van der Waals surface area contributed by atoms with Crippen molar-refractivity contribution >= 4 is 15.9 Å². The minimum atomic E-state index is -0.244. The van der Waals surface area contributed by atoms with Gasteiger partial charge in [-0.2, -0.15) is 5.10 Å². The van der Waals surface area contributed by atoms with E-state index >= 15 is 0 Å². The van der Waals surface area contributed by atoms with E-state index in [2.05, 4.69) is 33.3 Å². The van der Waals surface area contributed by atoms with E-state index in [4.69, 9.17) is 0 Å². The van der Waals surface area contributed by atoms with E-state index in [1.54, 1.807) is 12.3 Å². The topological polar surface area (TPSA) is 29.9 Å². The standard InChI is InChI=1S/C14H17BrFN3/c1-3-6-19-13(4-5-18-19)14(17-2)10-7-11(15)9-12(16)8-10/h4-5,7-9,14,17H,3,6H2,1-2H3. The molecular formula is C14H17BrFN3. The van der Waals surface area contributed by atoms with Gasteiger partial charge in [0.1, 0.15) is 5.82 Å². The maximum atomic E-state index is 13.5. The molecule has 1 aromatic heterocycles. The van der Waals surface area contributed by atoms with Gasteiger partial charge in [-0.1, -0.05) is 22.9 Å². The molecule has 0 radical (unpaired) electrons. The number of nitrogens with one attached hydrogen (secondary N) is 1. The molecule has 102 valence electrons. The second kappa shape index (κ2) is 6.30. The Morgan fingerprint density at radius 3 is 2.84 bits per heavy atom. The zero-order valence-electron chi connectivity index (χ0n) is 11.0. The number of hydrogen-bond donors (Lipinski definition) is 1. The fourth-order valence-corrected chi connectivity index (χ4v) is 2.70. The monoisotopic (exact) mass is 325 g/mol. The third-order valence-electron chi connectivity index (χ3n) is 2.99. The molecule has 0 amide bonds. The van der Waals surface area contributed by atoms with Crippen LogP contribution in [-0.2, 0) is 6.54 Å². The first-order valence-corrected chi connectivity index (χ1v) is 7.10. The first kappa shape index (κ1) is 14.2. The lowest BCUT2D eigenvalue weighted by Crippen LogP contribution is -2.21. The first-order chi connectivity index (χ1) is 9.15. The largest absolute Gasteiger partial charge is 0.308 e. The number of aromatic nitrogens is 2. The van der Waals surface area contributed by atoms with Gasteiger partial charge < -0.3 is 5.32 Å². The average Bonchev–Trinajstić information content (AvgIpc) is 2.78. The molecule has 0 saturated carbocycles. The van der Waals surface area contributed by atoms with Crippen LogP contribution in [0.4, 0.5) is 4.39 Å². The Bertz CT molecular complexity index is 533. The van der Waals surface area contributed by atoms with Crippen molar-refractivity contribution in [1.82, 2.24) is 15.1 Å². The van der Waals surface area contributed by atoms with Crippen molar-refractivity contribution in [3.63, 3.8) is 0 Å². The summed E-state index contributed by atoms with van der Waals surface area (Å²) < 4.78 is 16.2. The van der Waals surface area contributed by atoms with Gasteiger partial charge in [-0.3, -0.25) is 4.68 Å². The SMILES string of the molecule is CCCn1nccc1C(NC)c1cc(F)cc(Br)c1. The van der Waals surface area contributed by atoms with Gasteiger partial charge in [-0.15, -0.1) is 0 Å². The molecule has 1 aromatic carbocycles. The molecule has 0 aliphatic heterocycles. The summed E-state index contributed by atoms with van der Waals surface area (Å²) in [6.07, 6.45) is 2.79. The Labute approximate surface area is 121 Å². The summed E-state index contributed by atoms with van der Waals surface area (Å²) in [5.74, 6) is -0.244. The summed E-state index contributed by atoms with van der Waals surface area (Å²) in [5.41, 5.74) is 1.93. The molecule has 2 aromatic rings. The highest BCUT2D eigenvalue weighted by Crippen LogP contribution is 2.25. The van der Waals surface area contributed by atoms with Crippen LogP contribution < -0.4 is 5.32 Å². The van der Waals surface area contributed by atoms with Crippen molar-refractivity contribution < 1.29 is 4.39 Å². The van der Waals surface area contributed by atoms with E-state index in [0.717, 1.165) is 28.7 Å². The number of benzene rings is 1. The predicted molar refractivity (Wildman–Crippen MR) is 77.5 cm³/mol. The summed E-state index contributed by atoms with van der Waals surface area (Å²) in [7, 11) is 1.87. The van der Waals surface area contributed by atoms with E-state index in [1.807, 2.05) is 23.9 Å². The van der Waals surface area contributed by atoms with Crippen LogP contribution in [0.25, 0.3) is 0 Å². The van der Waals surface area contributed by atoms with Gasteiger partial charge in [0.25, 0.3) is 0 Å². The second-order valence-corrected chi connectivity index (χ2v) is 5.32. The third kappa shape index (κ3) is 3.22. The summed E-state index contributed by atoms with van der Waals surface area (Å²) in [4.78, 5) is 0. The van der Waals surface area contributed by atoms with Gasteiger partial charge in [0.2, 0.25) is 0 Å². The van der Waals surface area contributed by atoms with Crippen LogP contribution in [0.2, 0.25) is 0 Å². The molecule has 0 saturated heterocycles. The summed E-state index contributed by atoms with van der Waals surface area (Å²) in [6.45, 7) is 2.97. The Kier molecular flexibility index (Phi) is 4.71. The highest BCUT2D eigenvalue weighted by atomic mass is 79.9. The molecule has 1 heterocycles. The lowest BCUT2D eigenvalue weighted by Gasteiger charge is -2.18. The Hall–Kier alpha value is -1.20. The van der Waals surface area contributed by atoms with E-state index < -0.39 is 0 Å². The van der Waals surface area contributed by atoms with Crippen molar-refractivity contribution in [1.29, 1.82) is 0 Å². The number of aryl methyl sites for hydroxylation is 1. The Balaban J connectivity index is 2.40.